The molecule has 188 valence electrons. The summed E-state index contributed by atoms with van der Waals surface area (Å²) in [5.41, 5.74) is 0. The van der Waals surface area contributed by atoms with E-state index in [4.69, 9.17) is 0 Å². The minimum atomic E-state index is -6.62. The van der Waals surface area contributed by atoms with Gasteiger partial charge in [-0.1, -0.05) is 0 Å². The molecule has 0 unspecified atom stereocenters. The van der Waals surface area contributed by atoms with E-state index in [1.54, 1.807) is 0 Å². The lowest BCUT2D eigenvalue weighted by Crippen LogP contribution is -2.59. The number of carbonyl (C=O) groups excluding carboxylic acids is 2. The third kappa shape index (κ3) is 5.79. The smallest absolute Gasteiger partial charge is 0.381 e. The predicted molar refractivity (Wildman–Crippen MR) is 77.5 cm³/mol. The molecule has 0 aromatic heterocycles. The molecule has 1 rings (SSSR count). The Morgan fingerprint density at radius 3 is 1.61 bits per heavy atom. The van der Waals surface area contributed by atoms with Crippen LogP contribution in [-0.4, -0.2) is 42.7 Å². The van der Waals surface area contributed by atoms with E-state index >= 15 is 0 Å². The molecule has 0 fully saturated rings. The Bertz CT molecular complexity index is 872. The zero-order chi connectivity index (χ0) is 25.9. The van der Waals surface area contributed by atoms with Crippen LogP contribution in [0.4, 0.5) is 57.1 Å². The van der Waals surface area contributed by atoms with Crippen LogP contribution in [0.2, 0.25) is 0 Å². The van der Waals surface area contributed by atoms with Gasteiger partial charge < -0.3 is 9.47 Å². The standard InChI is InChI=1S/C16H9F13O4/c17-7-8(18)10(20)12(11(21)9(7)19)33-6(31)3-1-2-5(30)32-4-14(24,25)16(28,29)15(26,27)13(22)23/h13H,1-4H2. The van der Waals surface area contributed by atoms with E-state index < -0.39 is 96.8 Å². The quantitative estimate of drug-likeness (QED) is 0.143. The van der Waals surface area contributed by atoms with Gasteiger partial charge in [0.15, 0.2) is 6.61 Å². The molecule has 1 aromatic carbocycles. The number of ether oxygens (including phenoxy) is 2. The van der Waals surface area contributed by atoms with E-state index in [1.165, 1.54) is 0 Å². The highest BCUT2D eigenvalue weighted by atomic mass is 19.4. The van der Waals surface area contributed by atoms with E-state index in [9.17, 15) is 66.7 Å². The largest absolute Gasteiger partial charge is 0.459 e. The average molecular weight is 512 g/mol. The molecule has 4 nitrogen and oxygen atoms in total. The molecule has 0 atom stereocenters. The fourth-order valence-corrected chi connectivity index (χ4v) is 1.93. The van der Waals surface area contributed by atoms with Crippen molar-refractivity contribution in [2.24, 2.45) is 0 Å². The summed E-state index contributed by atoms with van der Waals surface area (Å²) in [6, 6.07) is 0. The first-order valence-corrected chi connectivity index (χ1v) is 8.17. The highest BCUT2D eigenvalue weighted by molar-refractivity contribution is 5.74. The van der Waals surface area contributed by atoms with Crippen molar-refractivity contribution in [3.8, 4) is 5.75 Å². The van der Waals surface area contributed by atoms with Crippen LogP contribution >= 0.6 is 0 Å². The van der Waals surface area contributed by atoms with Crippen molar-refractivity contribution in [1.82, 2.24) is 0 Å². The molecule has 0 aliphatic carbocycles. The first kappa shape index (κ1) is 28.3. The van der Waals surface area contributed by atoms with Crippen molar-refractivity contribution in [1.29, 1.82) is 0 Å². The van der Waals surface area contributed by atoms with Crippen LogP contribution in [0.3, 0.4) is 0 Å². The van der Waals surface area contributed by atoms with Gasteiger partial charge in [0.05, 0.1) is 0 Å². The molecule has 0 aliphatic heterocycles. The average Bonchev–Trinajstić information content (AvgIpc) is 2.72. The van der Waals surface area contributed by atoms with Crippen LogP contribution in [0.5, 0.6) is 5.75 Å². The second-order valence-electron chi connectivity index (χ2n) is 6.09. The first-order chi connectivity index (χ1) is 14.9. The van der Waals surface area contributed by atoms with Gasteiger partial charge in [-0.3, -0.25) is 9.59 Å². The van der Waals surface area contributed by atoms with Gasteiger partial charge in [0.25, 0.3) is 0 Å². The SMILES string of the molecule is O=C(CCCC(=O)Oc1c(F)c(F)c(F)c(F)c1F)OCC(F)(F)C(F)(F)C(F)(F)C(F)F. The van der Waals surface area contributed by atoms with Crippen LogP contribution in [0, 0.1) is 29.1 Å². The molecule has 0 aliphatic rings. The molecule has 0 N–H and O–H groups in total. The van der Waals surface area contributed by atoms with Crippen LogP contribution in [0.25, 0.3) is 0 Å². The molecule has 0 spiro atoms. The summed E-state index contributed by atoms with van der Waals surface area (Å²) in [6.45, 7) is -2.75. The Labute approximate surface area is 174 Å². The third-order valence-corrected chi connectivity index (χ3v) is 3.71. The van der Waals surface area contributed by atoms with Gasteiger partial charge in [-0.15, -0.1) is 0 Å². The van der Waals surface area contributed by atoms with Crippen molar-refractivity contribution in [3.05, 3.63) is 29.1 Å². The number of benzene rings is 1. The summed E-state index contributed by atoms with van der Waals surface area (Å²) in [5, 5.41) is 0. The maximum absolute atomic E-state index is 13.4. The first-order valence-electron chi connectivity index (χ1n) is 8.17. The van der Waals surface area contributed by atoms with Crippen LogP contribution in [-0.2, 0) is 14.3 Å². The van der Waals surface area contributed by atoms with Gasteiger partial charge in [0.2, 0.25) is 34.8 Å². The second kappa shape index (κ2) is 10.0. The highest BCUT2D eigenvalue weighted by Crippen LogP contribution is 2.48. The molecule has 0 saturated carbocycles. The molecule has 0 amide bonds. The van der Waals surface area contributed by atoms with Crippen LogP contribution < -0.4 is 4.74 Å². The van der Waals surface area contributed by atoms with E-state index in [0.29, 0.717) is 0 Å². The Hall–Kier alpha value is -2.75. The van der Waals surface area contributed by atoms with Crippen LogP contribution in [0.1, 0.15) is 19.3 Å². The fourth-order valence-electron chi connectivity index (χ4n) is 1.93. The monoisotopic (exact) mass is 512 g/mol. The number of alkyl halides is 8. The van der Waals surface area contributed by atoms with Crippen molar-refractivity contribution in [2.75, 3.05) is 6.61 Å². The summed E-state index contributed by atoms with van der Waals surface area (Å²) < 4.78 is 175. The summed E-state index contributed by atoms with van der Waals surface area (Å²) in [6.07, 6.45) is -8.11. The summed E-state index contributed by atoms with van der Waals surface area (Å²) in [5.74, 6) is -37.0. The van der Waals surface area contributed by atoms with Crippen molar-refractivity contribution < 1.29 is 76.1 Å². The molecule has 0 bridgehead atoms. The van der Waals surface area contributed by atoms with Gasteiger partial charge in [0.1, 0.15) is 0 Å². The fraction of sp³-hybridized carbons (Fsp3) is 0.500. The molecule has 17 heteroatoms. The number of esters is 2. The number of hydrogen-bond acceptors (Lipinski definition) is 4. The van der Waals surface area contributed by atoms with Gasteiger partial charge in [-0.2, -0.15) is 35.1 Å². The van der Waals surface area contributed by atoms with Gasteiger partial charge in [0, 0.05) is 12.8 Å². The number of rotatable bonds is 10. The van der Waals surface area contributed by atoms with Gasteiger partial charge >= 0.3 is 36.1 Å². The molecular formula is C16H9F13O4. The highest BCUT2D eigenvalue weighted by Gasteiger charge is 2.75. The minimum absolute atomic E-state index is 0.789. The predicted octanol–water partition coefficient (Wildman–Crippen LogP) is 5.17. The maximum Gasteiger partial charge on any atom is 0.381 e. The van der Waals surface area contributed by atoms with E-state index in [-0.39, 0.29) is 0 Å². The maximum atomic E-state index is 13.4. The normalized spacial score (nSPS) is 12.8. The third-order valence-electron chi connectivity index (χ3n) is 3.71. The van der Waals surface area contributed by atoms with Gasteiger partial charge in [-0.25, -0.2) is 22.0 Å². The van der Waals surface area contributed by atoms with E-state index in [0.717, 1.165) is 0 Å². The molecule has 1 aromatic rings. The van der Waals surface area contributed by atoms with Crippen molar-refractivity contribution in [2.45, 2.75) is 43.5 Å². The molecule has 33 heavy (non-hydrogen) atoms. The van der Waals surface area contributed by atoms with Crippen molar-refractivity contribution >= 4 is 11.9 Å². The Kier molecular flexibility index (Phi) is 8.59. The second-order valence-corrected chi connectivity index (χ2v) is 6.09. The lowest BCUT2D eigenvalue weighted by molar-refractivity contribution is -0.344. The summed E-state index contributed by atoms with van der Waals surface area (Å²) in [7, 11) is 0. The minimum Gasteiger partial charge on any atom is -0.459 e. The molecule has 0 saturated heterocycles. The topological polar surface area (TPSA) is 52.6 Å². The Balaban J connectivity index is 2.64. The van der Waals surface area contributed by atoms with Gasteiger partial charge in [-0.05, 0) is 6.42 Å². The number of hydrogen-bond donors (Lipinski definition) is 0. The summed E-state index contributed by atoms with van der Waals surface area (Å²) in [4.78, 5) is 22.6. The molecule has 0 radical (unpaired) electrons. The lowest BCUT2D eigenvalue weighted by atomic mass is 10.1. The van der Waals surface area contributed by atoms with E-state index in [1.807, 2.05) is 0 Å². The zero-order valence-electron chi connectivity index (χ0n) is 15.5. The van der Waals surface area contributed by atoms with E-state index in [2.05, 4.69) is 9.47 Å². The Morgan fingerprint density at radius 1 is 0.727 bits per heavy atom. The molecule has 0 heterocycles. The number of halogens is 13. The van der Waals surface area contributed by atoms with Crippen molar-refractivity contribution in [3.63, 3.8) is 0 Å². The van der Waals surface area contributed by atoms with Crippen LogP contribution in [0.15, 0.2) is 0 Å². The lowest BCUT2D eigenvalue weighted by Gasteiger charge is -2.31. The number of carbonyl (C=O) groups is 2. The summed E-state index contributed by atoms with van der Waals surface area (Å²) >= 11 is 0. The molecular weight excluding hydrogens is 503 g/mol. The zero-order valence-corrected chi connectivity index (χ0v) is 15.5. The Morgan fingerprint density at radius 2 is 1.15 bits per heavy atom.